The Hall–Kier alpha value is -1.98. The highest BCUT2D eigenvalue weighted by atomic mass is 35.5. The predicted molar refractivity (Wildman–Crippen MR) is 103 cm³/mol. The molecule has 0 unspecified atom stereocenters. The normalized spacial score (nSPS) is 16.5. The zero-order chi connectivity index (χ0) is 17.6. The highest BCUT2D eigenvalue weighted by Gasteiger charge is 2.24. The number of hydrogen-bond acceptors (Lipinski definition) is 3. The van der Waals surface area contributed by atoms with Gasteiger partial charge in [-0.2, -0.15) is 0 Å². The van der Waals surface area contributed by atoms with Crippen molar-refractivity contribution in [2.75, 3.05) is 11.1 Å². The lowest BCUT2D eigenvalue weighted by Gasteiger charge is -2.12. The van der Waals surface area contributed by atoms with Crippen LogP contribution < -0.4 is 10.6 Å². The molecule has 1 aliphatic rings. The molecule has 0 spiro atoms. The van der Waals surface area contributed by atoms with Crippen LogP contribution in [0.1, 0.15) is 17.5 Å². The highest BCUT2D eigenvalue weighted by molar-refractivity contribution is 8.01. The second kappa shape index (κ2) is 8.41. The number of para-hydroxylation sites is 1. The number of benzene rings is 2. The minimum Gasteiger partial charge on any atom is -0.351 e. The van der Waals surface area contributed by atoms with Crippen molar-refractivity contribution in [2.24, 2.45) is 0 Å². The minimum absolute atomic E-state index is 0.0274. The summed E-state index contributed by atoms with van der Waals surface area (Å²) in [4.78, 5) is 24.4. The molecule has 0 aliphatic carbocycles. The third kappa shape index (κ3) is 5.00. The van der Waals surface area contributed by atoms with Crippen molar-refractivity contribution in [2.45, 2.75) is 24.6 Å². The van der Waals surface area contributed by atoms with Gasteiger partial charge in [-0.1, -0.05) is 41.9 Å². The number of fused-ring (bicyclic) bond motifs is 1. The van der Waals surface area contributed by atoms with Crippen molar-refractivity contribution >= 4 is 40.9 Å². The quantitative estimate of drug-likeness (QED) is 0.840. The van der Waals surface area contributed by atoms with E-state index in [0.29, 0.717) is 11.6 Å². The first-order valence-electron chi connectivity index (χ1n) is 8.13. The SMILES string of the molecule is O=C(CS[C@H]1CCc2ccccc2NC1=O)NCc1ccc(Cl)cc1. The number of amides is 2. The molecule has 4 nitrogen and oxygen atoms in total. The van der Waals surface area contributed by atoms with E-state index in [-0.39, 0.29) is 22.8 Å². The summed E-state index contributed by atoms with van der Waals surface area (Å²) in [6, 6.07) is 15.2. The van der Waals surface area contributed by atoms with Crippen LogP contribution in [0.3, 0.4) is 0 Å². The largest absolute Gasteiger partial charge is 0.351 e. The Morgan fingerprint density at radius 1 is 1.20 bits per heavy atom. The Labute approximate surface area is 156 Å². The highest BCUT2D eigenvalue weighted by Crippen LogP contribution is 2.26. The third-order valence-electron chi connectivity index (χ3n) is 4.06. The lowest BCUT2D eigenvalue weighted by atomic mass is 10.1. The Balaban J connectivity index is 1.47. The van der Waals surface area contributed by atoms with Crippen LogP contribution in [0.2, 0.25) is 5.02 Å². The lowest BCUT2D eigenvalue weighted by Crippen LogP contribution is -2.29. The molecule has 0 saturated carbocycles. The van der Waals surface area contributed by atoms with Crippen LogP contribution in [-0.2, 0) is 22.6 Å². The van der Waals surface area contributed by atoms with Crippen molar-refractivity contribution in [3.05, 3.63) is 64.7 Å². The van der Waals surface area contributed by atoms with Gasteiger partial charge in [0.2, 0.25) is 11.8 Å². The van der Waals surface area contributed by atoms with Gasteiger partial charge >= 0.3 is 0 Å². The minimum atomic E-state index is -0.214. The van der Waals surface area contributed by atoms with Crippen LogP contribution in [0.15, 0.2) is 48.5 Å². The maximum atomic E-state index is 12.3. The van der Waals surface area contributed by atoms with Crippen LogP contribution >= 0.6 is 23.4 Å². The van der Waals surface area contributed by atoms with Crippen LogP contribution in [-0.4, -0.2) is 22.8 Å². The number of carbonyl (C=O) groups excluding carboxylic acids is 2. The van der Waals surface area contributed by atoms with Crippen molar-refractivity contribution in [3.8, 4) is 0 Å². The summed E-state index contributed by atoms with van der Waals surface area (Å²) in [5.41, 5.74) is 3.01. The van der Waals surface area contributed by atoms with Crippen molar-refractivity contribution in [1.82, 2.24) is 5.32 Å². The molecule has 3 rings (SSSR count). The fourth-order valence-corrected chi connectivity index (χ4v) is 3.76. The molecular formula is C19H19ClN2O2S. The molecule has 1 heterocycles. The van der Waals surface area contributed by atoms with E-state index in [1.54, 1.807) is 12.1 Å². The first-order valence-corrected chi connectivity index (χ1v) is 9.56. The molecule has 2 N–H and O–H groups in total. The molecule has 2 amide bonds. The monoisotopic (exact) mass is 374 g/mol. The van der Waals surface area contributed by atoms with E-state index >= 15 is 0 Å². The van der Waals surface area contributed by atoms with Gasteiger partial charge in [-0.05, 0) is 42.2 Å². The summed E-state index contributed by atoms with van der Waals surface area (Å²) in [5.74, 6) is 0.164. The van der Waals surface area contributed by atoms with Gasteiger partial charge in [0.15, 0.2) is 0 Å². The van der Waals surface area contributed by atoms with Crippen LogP contribution in [0.4, 0.5) is 5.69 Å². The van der Waals surface area contributed by atoms with Gasteiger partial charge in [0.1, 0.15) is 0 Å². The Morgan fingerprint density at radius 2 is 1.96 bits per heavy atom. The summed E-state index contributed by atoms with van der Waals surface area (Å²) >= 11 is 7.23. The maximum absolute atomic E-state index is 12.3. The Morgan fingerprint density at radius 3 is 2.76 bits per heavy atom. The summed E-state index contributed by atoms with van der Waals surface area (Å²) < 4.78 is 0. The van der Waals surface area contributed by atoms with E-state index < -0.39 is 0 Å². The number of halogens is 1. The molecule has 2 aromatic rings. The second-order valence-corrected chi connectivity index (χ2v) is 7.52. The molecule has 0 saturated heterocycles. The molecule has 0 aromatic heterocycles. The smallest absolute Gasteiger partial charge is 0.237 e. The van der Waals surface area contributed by atoms with Gasteiger partial charge in [-0.3, -0.25) is 9.59 Å². The lowest BCUT2D eigenvalue weighted by molar-refractivity contribution is -0.118. The summed E-state index contributed by atoms with van der Waals surface area (Å²) in [7, 11) is 0. The van der Waals surface area contributed by atoms with E-state index in [4.69, 9.17) is 11.6 Å². The van der Waals surface area contributed by atoms with E-state index in [9.17, 15) is 9.59 Å². The number of nitrogens with one attached hydrogen (secondary N) is 2. The fraction of sp³-hybridized carbons (Fsp3) is 0.263. The fourth-order valence-electron chi connectivity index (χ4n) is 2.68. The number of thioether (sulfide) groups is 1. The van der Waals surface area contributed by atoms with Gasteiger partial charge in [-0.25, -0.2) is 0 Å². The second-order valence-electron chi connectivity index (χ2n) is 5.89. The molecule has 0 radical (unpaired) electrons. The number of aryl methyl sites for hydroxylation is 1. The van der Waals surface area contributed by atoms with Crippen molar-refractivity contribution in [3.63, 3.8) is 0 Å². The van der Waals surface area contributed by atoms with E-state index in [1.165, 1.54) is 11.8 Å². The van der Waals surface area contributed by atoms with Gasteiger partial charge in [0, 0.05) is 17.3 Å². The molecule has 1 aliphatic heterocycles. The topological polar surface area (TPSA) is 58.2 Å². The molecule has 25 heavy (non-hydrogen) atoms. The van der Waals surface area contributed by atoms with E-state index in [2.05, 4.69) is 10.6 Å². The van der Waals surface area contributed by atoms with E-state index in [1.807, 2.05) is 36.4 Å². The summed E-state index contributed by atoms with van der Waals surface area (Å²) in [5, 5.41) is 6.28. The van der Waals surface area contributed by atoms with Crippen molar-refractivity contribution < 1.29 is 9.59 Å². The Bertz CT molecular complexity index is 764. The number of hydrogen-bond donors (Lipinski definition) is 2. The van der Waals surface area contributed by atoms with Crippen LogP contribution in [0.25, 0.3) is 0 Å². The van der Waals surface area contributed by atoms with E-state index in [0.717, 1.165) is 29.7 Å². The molecule has 130 valence electrons. The summed E-state index contributed by atoms with van der Waals surface area (Å²) in [6.45, 7) is 0.457. The van der Waals surface area contributed by atoms with Gasteiger partial charge in [0.05, 0.1) is 11.0 Å². The van der Waals surface area contributed by atoms with Gasteiger partial charge in [0.25, 0.3) is 0 Å². The zero-order valence-electron chi connectivity index (χ0n) is 13.6. The Kier molecular flexibility index (Phi) is 6.00. The standard InChI is InChI=1S/C19H19ClN2O2S/c20-15-8-5-13(6-9-15)11-21-18(23)12-25-17-10-7-14-3-1-2-4-16(14)22-19(17)24/h1-6,8-9,17H,7,10-12H2,(H,21,23)(H,22,24)/t17-/m0/s1. The number of rotatable bonds is 5. The predicted octanol–water partition coefficient (Wildman–Crippen LogP) is 3.64. The average Bonchev–Trinajstić information content (AvgIpc) is 2.78. The molecule has 0 fully saturated rings. The van der Waals surface area contributed by atoms with Crippen LogP contribution in [0, 0.1) is 0 Å². The molecule has 1 atom stereocenters. The molecule has 6 heteroatoms. The zero-order valence-corrected chi connectivity index (χ0v) is 15.2. The molecular weight excluding hydrogens is 356 g/mol. The maximum Gasteiger partial charge on any atom is 0.237 e. The summed E-state index contributed by atoms with van der Waals surface area (Å²) in [6.07, 6.45) is 1.57. The van der Waals surface area contributed by atoms with Crippen LogP contribution in [0.5, 0.6) is 0 Å². The van der Waals surface area contributed by atoms with Crippen molar-refractivity contribution in [1.29, 1.82) is 0 Å². The van der Waals surface area contributed by atoms with Gasteiger partial charge in [-0.15, -0.1) is 11.8 Å². The van der Waals surface area contributed by atoms with Gasteiger partial charge < -0.3 is 10.6 Å². The first-order chi connectivity index (χ1) is 12.1. The molecule has 0 bridgehead atoms. The third-order valence-corrected chi connectivity index (χ3v) is 5.60. The first kappa shape index (κ1) is 17.8. The molecule has 2 aromatic carbocycles. The number of anilines is 1. The average molecular weight is 375 g/mol. The number of carbonyl (C=O) groups is 2.